The number of aliphatic hydroxyl groups is 2. The first-order chi connectivity index (χ1) is 39.5. The van der Waals surface area contributed by atoms with E-state index in [-0.39, 0.29) is 18.5 Å². The molecule has 80 heavy (non-hydrogen) atoms. The topological polar surface area (TPSA) is 95.9 Å². The summed E-state index contributed by atoms with van der Waals surface area (Å²) in [6.07, 6.45) is 87.0. The quantitative estimate of drug-likeness (QED) is 0.0320. The minimum absolute atomic E-state index is 0.0113. The second kappa shape index (κ2) is 70.1. The predicted molar refractivity (Wildman–Crippen MR) is 352 cm³/mol. The largest absolute Gasteiger partial charge is 0.466 e. The van der Waals surface area contributed by atoms with E-state index in [1.165, 1.54) is 347 Å². The zero-order chi connectivity index (χ0) is 57.8. The van der Waals surface area contributed by atoms with E-state index in [0.717, 1.165) is 44.9 Å². The number of carbonyl (C=O) groups is 2. The molecule has 0 aliphatic rings. The Morgan fingerprint density at radius 3 is 0.887 bits per heavy atom. The number of rotatable bonds is 70. The van der Waals surface area contributed by atoms with E-state index in [9.17, 15) is 19.8 Å². The summed E-state index contributed by atoms with van der Waals surface area (Å²) in [6, 6.07) is -0.540. The Morgan fingerprint density at radius 2 is 0.588 bits per heavy atom. The maximum atomic E-state index is 12.6. The van der Waals surface area contributed by atoms with Gasteiger partial charge in [0.1, 0.15) is 0 Å². The Bertz CT molecular complexity index is 1210. The minimum atomic E-state index is -0.663. The van der Waals surface area contributed by atoms with Crippen LogP contribution in [0.2, 0.25) is 0 Å². The number of unbranched alkanes of at least 4 members (excludes halogenated alkanes) is 57. The van der Waals surface area contributed by atoms with Gasteiger partial charge >= 0.3 is 5.97 Å². The van der Waals surface area contributed by atoms with Crippen LogP contribution in [0.25, 0.3) is 0 Å². The summed E-state index contributed by atoms with van der Waals surface area (Å²) >= 11 is 0. The van der Waals surface area contributed by atoms with E-state index in [1.54, 1.807) is 0 Å². The monoisotopic (exact) mass is 1130 g/mol. The van der Waals surface area contributed by atoms with Crippen molar-refractivity contribution in [2.75, 3.05) is 13.2 Å². The van der Waals surface area contributed by atoms with Crippen molar-refractivity contribution in [3.05, 3.63) is 12.2 Å². The lowest BCUT2D eigenvalue weighted by molar-refractivity contribution is -0.143. The second-order valence-corrected chi connectivity index (χ2v) is 25.6. The summed E-state index contributed by atoms with van der Waals surface area (Å²) in [7, 11) is 0. The van der Waals surface area contributed by atoms with Crippen LogP contribution in [0.15, 0.2) is 12.2 Å². The molecule has 0 spiro atoms. The molecular weight excluding hydrogens is 983 g/mol. The minimum Gasteiger partial charge on any atom is -0.466 e. The zero-order valence-corrected chi connectivity index (χ0v) is 54.6. The summed E-state index contributed by atoms with van der Waals surface area (Å²) in [5.41, 5.74) is 0. The number of esters is 1. The molecule has 0 aromatic rings. The molecule has 2 unspecified atom stereocenters. The van der Waals surface area contributed by atoms with Gasteiger partial charge in [0.05, 0.1) is 25.4 Å². The number of amides is 1. The van der Waals surface area contributed by atoms with Crippen molar-refractivity contribution in [2.45, 2.75) is 437 Å². The van der Waals surface area contributed by atoms with Gasteiger partial charge < -0.3 is 20.3 Å². The number of carbonyl (C=O) groups excluding carboxylic acids is 2. The molecule has 0 radical (unpaired) electrons. The van der Waals surface area contributed by atoms with Gasteiger partial charge in [0, 0.05) is 12.8 Å². The van der Waals surface area contributed by atoms with Crippen LogP contribution in [0.5, 0.6) is 0 Å². The third-order valence-electron chi connectivity index (χ3n) is 17.6. The Balaban J connectivity index is 3.35. The van der Waals surface area contributed by atoms with Crippen LogP contribution in [0.3, 0.4) is 0 Å². The molecule has 0 saturated carbocycles. The van der Waals surface area contributed by atoms with Gasteiger partial charge in [0.2, 0.25) is 5.91 Å². The summed E-state index contributed by atoms with van der Waals surface area (Å²) in [5, 5.41) is 23.4. The van der Waals surface area contributed by atoms with E-state index in [0.29, 0.717) is 25.9 Å². The van der Waals surface area contributed by atoms with E-state index in [4.69, 9.17) is 4.74 Å². The number of hydrogen-bond donors (Lipinski definition) is 3. The predicted octanol–water partition coefficient (Wildman–Crippen LogP) is 23.9. The first-order valence-corrected chi connectivity index (χ1v) is 36.9. The number of hydrogen-bond acceptors (Lipinski definition) is 5. The third-order valence-corrected chi connectivity index (χ3v) is 17.6. The fourth-order valence-corrected chi connectivity index (χ4v) is 11.9. The van der Waals surface area contributed by atoms with Crippen LogP contribution in [0.4, 0.5) is 0 Å². The van der Waals surface area contributed by atoms with Gasteiger partial charge in [-0.3, -0.25) is 9.59 Å². The highest BCUT2D eigenvalue weighted by Crippen LogP contribution is 2.20. The Labute approximate surface area is 501 Å². The lowest BCUT2D eigenvalue weighted by Crippen LogP contribution is -2.45. The first kappa shape index (κ1) is 78.6. The smallest absolute Gasteiger partial charge is 0.305 e. The molecule has 0 heterocycles. The van der Waals surface area contributed by atoms with Crippen LogP contribution in [0.1, 0.15) is 425 Å². The van der Waals surface area contributed by atoms with Crippen LogP contribution < -0.4 is 5.32 Å². The molecular formula is C74H145NO5. The van der Waals surface area contributed by atoms with Crippen molar-refractivity contribution >= 4 is 11.9 Å². The highest BCUT2D eigenvalue weighted by atomic mass is 16.5. The van der Waals surface area contributed by atoms with Crippen molar-refractivity contribution in [1.29, 1.82) is 0 Å². The van der Waals surface area contributed by atoms with Gasteiger partial charge in [0.25, 0.3) is 0 Å². The van der Waals surface area contributed by atoms with Crippen LogP contribution in [-0.2, 0) is 14.3 Å². The Morgan fingerprint density at radius 1 is 0.338 bits per heavy atom. The van der Waals surface area contributed by atoms with Crippen molar-refractivity contribution in [1.82, 2.24) is 5.32 Å². The molecule has 0 rings (SSSR count). The second-order valence-electron chi connectivity index (χ2n) is 25.6. The zero-order valence-electron chi connectivity index (χ0n) is 54.6. The van der Waals surface area contributed by atoms with Crippen LogP contribution in [-0.4, -0.2) is 47.4 Å². The molecule has 476 valence electrons. The molecule has 0 aliphatic carbocycles. The van der Waals surface area contributed by atoms with E-state index in [2.05, 4.69) is 31.3 Å². The van der Waals surface area contributed by atoms with E-state index in [1.807, 2.05) is 0 Å². The van der Waals surface area contributed by atoms with E-state index < -0.39 is 12.1 Å². The molecule has 6 nitrogen and oxygen atoms in total. The van der Waals surface area contributed by atoms with Crippen molar-refractivity contribution in [2.24, 2.45) is 0 Å². The lowest BCUT2D eigenvalue weighted by atomic mass is 10.0. The molecule has 6 heteroatoms. The summed E-state index contributed by atoms with van der Waals surface area (Å²) in [6.45, 7) is 4.99. The van der Waals surface area contributed by atoms with Gasteiger partial charge in [-0.05, 0) is 51.4 Å². The fraction of sp³-hybridized carbons (Fsp3) is 0.946. The van der Waals surface area contributed by atoms with Crippen LogP contribution in [0, 0.1) is 0 Å². The van der Waals surface area contributed by atoms with Gasteiger partial charge in [-0.25, -0.2) is 0 Å². The number of nitrogens with one attached hydrogen (secondary N) is 1. The maximum absolute atomic E-state index is 12.6. The molecule has 0 aromatic carbocycles. The molecule has 0 fully saturated rings. The SMILES string of the molecule is CCCCCCCC/C=C\CCCCCCCC(=O)OCCCCCCCCCCCCCCCCCCCCCCCCCCCCCC(=O)NC(CO)C(O)CCCCCCCCCCCCCCCCCCCCCCC. The van der Waals surface area contributed by atoms with Crippen molar-refractivity contribution in [3.63, 3.8) is 0 Å². The third kappa shape index (κ3) is 65.7. The molecule has 0 aromatic heterocycles. The number of aliphatic hydroxyl groups excluding tert-OH is 2. The van der Waals surface area contributed by atoms with E-state index >= 15 is 0 Å². The van der Waals surface area contributed by atoms with Gasteiger partial charge in [-0.15, -0.1) is 0 Å². The Hall–Kier alpha value is -1.40. The van der Waals surface area contributed by atoms with Gasteiger partial charge in [-0.2, -0.15) is 0 Å². The standard InChI is InChI=1S/C74H145NO5/c1-3-5-7-9-11-13-15-17-19-20-21-29-32-35-39-42-46-50-54-58-62-66-72(77)71(70-76)75-73(78)67-63-59-55-51-47-43-40-36-33-30-27-25-23-22-24-26-28-31-34-37-41-45-49-53-57-61-65-69-80-74(79)68-64-60-56-52-48-44-38-18-16-14-12-10-8-6-4-2/h18,38,71-72,76-77H,3-17,19-37,39-70H2,1-2H3,(H,75,78)/b38-18-. The summed E-state index contributed by atoms with van der Waals surface area (Å²) in [4.78, 5) is 24.6. The normalized spacial score (nSPS) is 12.5. The highest BCUT2D eigenvalue weighted by Gasteiger charge is 2.20. The molecule has 2 atom stereocenters. The highest BCUT2D eigenvalue weighted by molar-refractivity contribution is 5.76. The number of ether oxygens (including phenoxy) is 1. The fourth-order valence-electron chi connectivity index (χ4n) is 11.9. The van der Waals surface area contributed by atoms with Gasteiger partial charge in [-0.1, -0.05) is 373 Å². The maximum Gasteiger partial charge on any atom is 0.305 e. The lowest BCUT2D eigenvalue weighted by Gasteiger charge is -2.22. The first-order valence-electron chi connectivity index (χ1n) is 36.9. The van der Waals surface area contributed by atoms with Gasteiger partial charge in [0.15, 0.2) is 0 Å². The molecule has 0 saturated heterocycles. The molecule has 1 amide bonds. The molecule has 0 bridgehead atoms. The van der Waals surface area contributed by atoms with Crippen molar-refractivity contribution < 1.29 is 24.5 Å². The number of allylic oxidation sites excluding steroid dienone is 2. The Kier molecular flexibility index (Phi) is 68.9. The molecule has 3 N–H and O–H groups in total. The average molecular weight is 1130 g/mol. The molecule has 0 aliphatic heterocycles. The summed E-state index contributed by atoms with van der Waals surface area (Å²) in [5.74, 6) is -0.0157. The average Bonchev–Trinajstić information content (AvgIpc) is 3.46. The summed E-state index contributed by atoms with van der Waals surface area (Å²) < 4.78 is 5.49. The van der Waals surface area contributed by atoms with Crippen molar-refractivity contribution in [3.8, 4) is 0 Å². The van der Waals surface area contributed by atoms with Crippen LogP contribution >= 0.6 is 0 Å².